The number of hydrogen-bond acceptors (Lipinski definition) is 1. The quantitative estimate of drug-likeness (QED) is 0.522. The molecular formula is C11H12O. The van der Waals surface area contributed by atoms with E-state index in [-0.39, 0.29) is 0 Å². The maximum Gasteiger partial charge on any atom is 0.140 e. The van der Waals surface area contributed by atoms with Crippen LogP contribution in [0.15, 0.2) is 0 Å². The van der Waals surface area contributed by atoms with Crippen molar-refractivity contribution in [3.8, 4) is 0 Å². The van der Waals surface area contributed by atoms with Crippen LogP contribution in [0.4, 0.5) is 0 Å². The molecule has 12 heavy (non-hydrogen) atoms. The Hall–Kier alpha value is -0.330. The molecule has 0 aromatic rings. The van der Waals surface area contributed by atoms with Crippen LogP contribution in [0.1, 0.15) is 12.8 Å². The maximum atomic E-state index is 11.9. The van der Waals surface area contributed by atoms with Gasteiger partial charge in [0.05, 0.1) is 0 Å². The molecule has 6 rings (SSSR count). The normalized spacial score (nSPS) is 79.2. The molecule has 0 unspecified atom stereocenters. The minimum absolute atomic E-state index is 0.591. The Kier molecular flexibility index (Phi) is 0.547. The second-order valence-electron chi connectivity index (χ2n) is 5.74. The van der Waals surface area contributed by atoms with Gasteiger partial charge in [0.1, 0.15) is 5.78 Å². The molecule has 62 valence electrons. The fraction of sp³-hybridized carbons (Fsp3) is 0.909. The third-order valence-corrected chi connectivity index (χ3v) is 6.03. The predicted molar refractivity (Wildman–Crippen MR) is 42.2 cm³/mol. The van der Waals surface area contributed by atoms with Gasteiger partial charge in [-0.1, -0.05) is 0 Å². The minimum Gasteiger partial charge on any atom is -0.299 e. The van der Waals surface area contributed by atoms with Gasteiger partial charge in [0.2, 0.25) is 0 Å². The molecule has 0 amide bonds. The van der Waals surface area contributed by atoms with E-state index in [1.54, 1.807) is 0 Å². The molecule has 6 aliphatic carbocycles. The van der Waals surface area contributed by atoms with Crippen LogP contribution >= 0.6 is 0 Å². The highest BCUT2D eigenvalue weighted by Gasteiger charge is 2.80. The molecule has 0 aliphatic heterocycles. The first kappa shape index (κ1) is 5.41. The summed E-state index contributed by atoms with van der Waals surface area (Å²) in [7, 11) is 0. The monoisotopic (exact) mass is 160 g/mol. The average Bonchev–Trinajstić information content (AvgIpc) is 2.68. The average molecular weight is 160 g/mol. The molecule has 6 saturated carbocycles. The molecule has 0 heterocycles. The van der Waals surface area contributed by atoms with E-state index >= 15 is 0 Å². The van der Waals surface area contributed by atoms with E-state index in [0.29, 0.717) is 17.6 Å². The molecule has 6 bridgehead atoms. The van der Waals surface area contributed by atoms with Crippen LogP contribution < -0.4 is 0 Å². The van der Waals surface area contributed by atoms with Gasteiger partial charge in [0, 0.05) is 11.8 Å². The maximum absolute atomic E-state index is 11.9. The third-order valence-electron chi connectivity index (χ3n) is 6.03. The number of carbonyl (C=O) groups is 1. The van der Waals surface area contributed by atoms with Crippen molar-refractivity contribution < 1.29 is 4.79 Å². The van der Waals surface area contributed by atoms with Gasteiger partial charge < -0.3 is 0 Å². The Morgan fingerprint density at radius 2 is 1.33 bits per heavy atom. The van der Waals surface area contributed by atoms with Crippen LogP contribution in [0, 0.1) is 47.3 Å². The number of carbonyl (C=O) groups excluding carboxylic acids is 1. The standard InChI is InChI=1S/C11H12O/c12-11-9-5-1-3-4-2-6(7(3)9)10(11)8(4)5/h3-10H,1-2H2/t3-,4+,5-,6+,7+,8-,9+,10-. The first-order valence-corrected chi connectivity index (χ1v) is 5.41. The molecule has 6 fully saturated rings. The van der Waals surface area contributed by atoms with Crippen LogP contribution in [-0.2, 0) is 4.79 Å². The van der Waals surface area contributed by atoms with Gasteiger partial charge in [-0.2, -0.15) is 0 Å². The largest absolute Gasteiger partial charge is 0.299 e. The van der Waals surface area contributed by atoms with Gasteiger partial charge in [-0.05, 0) is 48.3 Å². The van der Waals surface area contributed by atoms with E-state index in [4.69, 9.17) is 0 Å². The molecule has 8 atom stereocenters. The first-order chi connectivity index (χ1) is 5.88. The van der Waals surface area contributed by atoms with E-state index in [0.717, 1.165) is 35.5 Å². The van der Waals surface area contributed by atoms with Gasteiger partial charge in [0.15, 0.2) is 0 Å². The fourth-order valence-corrected chi connectivity index (χ4v) is 6.24. The molecule has 1 nitrogen and oxygen atoms in total. The topological polar surface area (TPSA) is 17.1 Å². The summed E-state index contributed by atoms with van der Waals surface area (Å²) in [5.41, 5.74) is 0. The van der Waals surface area contributed by atoms with Crippen LogP contribution in [0.3, 0.4) is 0 Å². The summed E-state index contributed by atoms with van der Waals surface area (Å²) in [6.07, 6.45) is 2.90. The van der Waals surface area contributed by atoms with E-state index < -0.39 is 0 Å². The first-order valence-electron chi connectivity index (χ1n) is 5.41. The van der Waals surface area contributed by atoms with Crippen LogP contribution in [0.2, 0.25) is 0 Å². The third kappa shape index (κ3) is 0.272. The zero-order valence-electron chi connectivity index (χ0n) is 6.94. The zero-order chi connectivity index (χ0) is 7.61. The van der Waals surface area contributed by atoms with Gasteiger partial charge in [-0.25, -0.2) is 0 Å². The molecule has 0 aromatic heterocycles. The Labute approximate surface area is 71.5 Å². The predicted octanol–water partition coefficient (Wildman–Crippen LogP) is 1.33. The molecule has 0 N–H and O–H groups in total. The summed E-state index contributed by atoms with van der Waals surface area (Å²) in [4.78, 5) is 11.9. The molecule has 6 aliphatic rings. The molecule has 0 spiro atoms. The summed E-state index contributed by atoms with van der Waals surface area (Å²) in [5.74, 6) is 7.54. The van der Waals surface area contributed by atoms with Gasteiger partial charge in [0.25, 0.3) is 0 Å². The number of ketones is 1. The number of rotatable bonds is 0. The highest BCUT2D eigenvalue weighted by Crippen LogP contribution is 2.81. The van der Waals surface area contributed by atoms with Crippen LogP contribution in [0.25, 0.3) is 0 Å². The van der Waals surface area contributed by atoms with Gasteiger partial charge >= 0.3 is 0 Å². The highest BCUT2D eigenvalue weighted by molar-refractivity contribution is 5.91. The van der Waals surface area contributed by atoms with E-state index in [1.807, 2.05) is 0 Å². The van der Waals surface area contributed by atoms with Gasteiger partial charge in [-0.3, -0.25) is 4.79 Å². The van der Waals surface area contributed by atoms with Crippen molar-refractivity contribution in [2.24, 2.45) is 47.3 Å². The lowest BCUT2D eigenvalue weighted by Crippen LogP contribution is -2.30. The van der Waals surface area contributed by atoms with Crippen molar-refractivity contribution in [1.29, 1.82) is 0 Å². The Morgan fingerprint density at radius 1 is 0.833 bits per heavy atom. The smallest absolute Gasteiger partial charge is 0.140 e. The Morgan fingerprint density at radius 3 is 1.83 bits per heavy atom. The zero-order valence-corrected chi connectivity index (χ0v) is 6.94. The summed E-state index contributed by atoms with van der Waals surface area (Å²) in [6, 6.07) is 0. The summed E-state index contributed by atoms with van der Waals surface area (Å²) < 4.78 is 0. The summed E-state index contributed by atoms with van der Waals surface area (Å²) in [6.45, 7) is 0. The second-order valence-corrected chi connectivity index (χ2v) is 5.74. The fourth-order valence-electron chi connectivity index (χ4n) is 6.24. The van der Waals surface area contributed by atoms with Crippen LogP contribution in [0.5, 0.6) is 0 Å². The van der Waals surface area contributed by atoms with Crippen molar-refractivity contribution in [3.05, 3.63) is 0 Å². The minimum atomic E-state index is 0.591. The highest BCUT2D eigenvalue weighted by atomic mass is 16.1. The van der Waals surface area contributed by atoms with Crippen molar-refractivity contribution >= 4 is 5.78 Å². The van der Waals surface area contributed by atoms with Crippen LogP contribution in [-0.4, -0.2) is 5.78 Å². The van der Waals surface area contributed by atoms with Gasteiger partial charge in [-0.15, -0.1) is 0 Å². The summed E-state index contributed by atoms with van der Waals surface area (Å²) >= 11 is 0. The molecular weight excluding hydrogens is 148 g/mol. The van der Waals surface area contributed by atoms with Crippen molar-refractivity contribution in [2.75, 3.05) is 0 Å². The molecule has 1 heteroatoms. The molecule has 0 aromatic carbocycles. The lowest BCUT2D eigenvalue weighted by molar-refractivity contribution is -0.122. The van der Waals surface area contributed by atoms with E-state index in [2.05, 4.69) is 0 Å². The lowest BCUT2D eigenvalue weighted by Gasteiger charge is -2.32. The second kappa shape index (κ2) is 1.21. The summed E-state index contributed by atoms with van der Waals surface area (Å²) in [5, 5.41) is 0. The van der Waals surface area contributed by atoms with Crippen molar-refractivity contribution in [1.82, 2.24) is 0 Å². The number of hydrogen-bond donors (Lipinski definition) is 0. The lowest BCUT2D eigenvalue weighted by atomic mass is 9.71. The van der Waals surface area contributed by atoms with E-state index in [9.17, 15) is 4.79 Å². The van der Waals surface area contributed by atoms with E-state index in [1.165, 1.54) is 12.8 Å². The Bertz CT molecular complexity index is 291. The molecule has 0 saturated heterocycles. The van der Waals surface area contributed by atoms with Crippen molar-refractivity contribution in [2.45, 2.75) is 12.8 Å². The SMILES string of the molecule is O=C1[C@@H]2[C@H]3C[C@H]4[C@H]5C[C@@H]([C@H]1[C@@H]53)[C@@H]42. The number of Topliss-reactive ketones (excluding diaryl/α,β-unsaturated/α-hetero) is 1. The molecule has 0 radical (unpaired) electrons. The van der Waals surface area contributed by atoms with Crippen molar-refractivity contribution in [3.63, 3.8) is 0 Å². The Balaban J connectivity index is 1.94.